The summed E-state index contributed by atoms with van der Waals surface area (Å²) in [4.78, 5) is 4.28. The molecule has 35 heavy (non-hydrogen) atoms. The molecule has 0 amide bonds. The van der Waals surface area contributed by atoms with Crippen molar-refractivity contribution in [1.29, 1.82) is 0 Å². The summed E-state index contributed by atoms with van der Waals surface area (Å²) >= 11 is 0. The molecule has 0 saturated carbocycles. The molecule has 6 nitrogen and oxygen atoms in total. The molecule has 1 saturated heterocycles. The molecule has 0 unspecified atom stereocenters. The lowest BCUT2D eigenvalue weighted by Gasteiger charge is -2.26. The van der Waals surface area contributed by atoms with Crippen molar-refractivity contribution in [2.24, 2.45) is 4.99 Å². The highest BCUT2D eigenvalue weighted by molar-refractivity contribution is 7.85. The number of hydrogen-bond acceptors (Lipinski definition) is 4. The minimum absolute atomic E-state index is 0.148. The Labute approximate surface area is 202 Å². The van der Waals surface area contributed by atoms with Gasteiger partial charge in [0.2, 0.25) is 0 Å². The van der Waals surface area contributed by atoms with Crippen molar-refractivity contribution < 1.29 is 22.1 Å². The second kappa shape index (κ2) is 8.41. The Bertz CT molecular complexity index is 1570. The molecule has 0 radical (unpaired) electrons. The molecule has 0 aliphatic carbocycles. The Balaban J connectivity index is 1.69. The van der Waals surface area contributed by atoms with Crippen LogP contribution in [-0.4, -0.2) is 37.0 Å². The molecule has 1 fully saturated rings. The maximum Gasteiger partial charge on any atom is 0.294 e. The van der Waals surface area contributed by atoms with Crippen molar-refractivity contribution in [3.8, 4) is 16.8 Å². The maximum absolute atomic E-state index is 13.8. The van der Waals surface area contributed by atoms with E-state index in [-0.39, 0.29) is 16.6 Å². The monoisotopic (exact) mass is 490 g/mol. The molecule has 4 aromatic rings. The van der Waals surface area contributed by atoms with E-state index in [1.165, 1.54) is 24.3 Å². The van der Waals surface area contributed by atoms with Gasteiger partial charge in [-0.3, -0.25) is 9.55 Å². The first-order valence-electron chi connectivity index (χ1n) is 11.5. The summed E-state index contributed by atoms with van der Waals surface area (Å²) in [5, 5.41) is 1.03. The second-order valence-corrected chi connectivity index (χ2v) is 10.4. The second-order valence-electron chi connectivity index (χ2n) is 9.00. The van der Waals surface area contributed by atoms with E-state index < -0.39 is 10.1 Å². The maximum atomic E-state index is 13.8. The van der Waals surface area contributed by atoms with Crippen LogP contribution in [0.1, 0.15) is 35.6 Å². The zero-order valence-corrected chi connectivity index (χ0v) is 19.6. The third kappa shape index (κ3) is 3.87. The van der Waals surface area contributed by atoms with Gasteiger partial charge in [-0.25, -0.2) is 4.39 Å². The topological polar surface area (TPSA) is 80.9 Å². The van der Waals surface area contributed by atoms with Gasteiger partial charge >= 0.3 is 0 Å². The molecule has 1 aromatic heterocycles. The highest BCUT2D eigenvalue weighted by atomic mass is 32.2. The van der Waals surface area contributed by atoms with Crippen LogP contribution < -0.4 is 0 Å². The van der Waals surface area contributed by atoms with Gasteiger partial charge in [0.05, 0.1) is 17.0 Å². The largest absolute Gasteiger partial charge is 0.381 e. The number of aromatic nitrogens is 1. The summed E-state index contributed by atoms with van der Waals surface area (Å²) in [6, 6.07) is 17.1. The number of benzene rings is 3. The third-order valence-corrected chi connectivity index (χ3v) is 7.76. The summed E-state index contributed by atoms with van der Waals surface area (Å²) in [6.07, 6.45) is 3.56. The summed E-state index contributed by atoms with van der Waals surface area (Å²) < 4.78 is 54.5. The quantitative estimate of drug-likeness (QED) is 0.383. The van der Waals surface area contributed by atoms with Crippen molar-refractivity contribution in [1.82, 2.24) is 4.57 Å². The van der Waals surface area contributed by atoms with Crippen molar-refractivity contribution in [3.63, 3.8) is 0 Å². The molecule has 8 heteroatoms. The number of hydrogen-bond donors (Lipinski definition) is 1. The van der Waals surface area contributed by atoms with Crippen LogP contribution in [0.4, 0.5) is 4.39 Å². The number of fused-ring (bicyclic) bond motifs is 2. The van der Waals surface area contributed by atoms with E-state index in [9.17, 15) is 17.4 Å². The number of halogens is 1. The summed E-state index contributed by atoms with van der Waals surface area (Å²) in [5.74, 6) is -0.104. The average Bonchev–Trinajstić information content (AvgIpc) is 3.45. The van der Waals surface area contributed by atoms with E-state index in [1.54, 1.807) is 24.3 Å². The van der Waals surface area contributed by atoms with Crippen LogP contribution in [0.25, 0.3) is 27.7 Å². The molecule has 1 N–H and O–H groups in total. The van der Waals surface area contributed by atoms with E-state index in [2.05, 4.69) is 21.7 Å². The van der Waals surface area contributed by atoms with Gasteiger partial charge in [0.25, 0.3) is 10.1 Å². The minimum atomic E-state index is -4.30. The fourth-order valence-corrected chi connectivity index (χ4v) is 5.72. The minimum Gasteiger partial charge on any atom is -0.381 e. The molecule has 0 bridgehead atoms. The molecule has 2 aliphatic heterocycles. The number of rotatable bonds is 4. The predicted octanol–water partition coefficient (Wildman–Crippen LogP) is 5.51. The Morgan fingerprint density at radius 3 is 2.40 bits per heavy atom. The highest BCUT2D eigenvalue weighted by Crippen LogP contribution is 2.44. The van der Waals surface area contributed by atoms with Gasteiger partial charge in [-0.15, -0.1) is 0 Å². The fourth-order valence-electron chi connectivity index (χ4n) is 5.24. The lowest BCUT2D eigenvalue weighted by atomic mass is 9.89. The SMILES string of the molecule is O=S(=O)(O)c1ccc(-c2c(C3CCOCC3)n(-c3ccc(F)cc3)c3cc4c(cc23)CN=C4)cc1. The van der Waals surface area contributed by atoms with Crippen LogP contribution in [0.15, 0.2) is 70.6 Å². The molecular formula is C27H23FN2O4S. The normalized spacial score (nSPS) is 16.2. The van der Waals surface area contributed by atoms with Gasteiger partial charge in [-0.2, -0.15) is 8.42 Å². The molecule has 178 valence electrons. The smallest absolute Gasteiger partial charge is 0.294 e. The molecular weight excluding hydrogens is 467 g/mol. The Morgan fingerprint density at radius 1 is 1.00 bits per heavy atom. The average molecular weight is 491 g/mol. The van der Waals surface area contributed by atoms with Crippen molar-refractivity contribution in [2.75, 3.05) is 13.2 Å². The third-order valence-electron chi connectivity index (χ3n) is 6.89. The van der Waals surface area contributed by atoms with Crippen LogP contribution in [0.3, 0.4) is 0 Å². The van der Waals surface area contributed by atoms with Crippen molar-refractivity contribution in [2.45, 2.75) is 30.2 Å². The Morgan fingerprint density at radius 2 is 1.71 bits per heavy atom. The first kappa shape index (κ1) is 22.2. The van der Waals surface area contributed by atoms with E-state index >= 15 is 0 Å². The van der Waals surface area contributed by atoms with E-state index in [4.69, 9.17) is 4.74 Å². The standard InChI is InChI=1S/C27H23FN2O4S/c28-21-3-5-22(6-4-21)30-25-14-20-16-29-15-19(20)13-24(25)26(27(30)18-9-11-34-12-10-18)17-1-7-23(8-2-17)35(31,32)33/h1-8,13-14,16,18H,9-12,15H2,(H,31,32,33). The highest BCUT2D eigenvalue weighted by Gasteiger charge is 2.29. The van der Waals surface area contributed by atoms with E-state index in [1.807, 2.05) is 6.21 Å². The van der Waals surface area contributed by atoms with Crippen molar-refractivity contribution in [3.05, 3.63) is 83.3 Å². The summed E-state index contributed by atoms with van der Waals surface area (Å²) in [6.45, 7) is 1.92. The van der Waals surface area contributed by atoms with Gasteiger partial charge < -0.3 is 9.30 Å². The van der Waals surface area contributed by atoms with Gasteiger partial charge in [0, 0.05) is 47.7 Å². The Kier molecular flexibility index (Phi) is 5.32. The summed E-state index contributed by atoms with van der Waals surface area (Å²) in [7, 11) is -4.30. The number of ether oxygens (including phenoxy) is 1. The molecule has 6 rings (SSSR count). The van der Waals surface area contributed by atoms with Crippen LogP contribution in [-0.2, 0) is 21.4 Å². The number of nitrogens with zero attached hydrogens (tertiary/aromatic N) is 2. The van der Waals surface area contributed by atoms with Crippen LogP contribution in [0.5, 0.6) is 0 Å². The van der Waals surface area contributed by atoms with Crippen LogP contribution in [0, 0.1) is 5.82 Å². The van der Waals surface area contributed by atoms with E-state index in [0.717, 1.165) is 57.4 Å². The summed E-state index contributed by atoms with van der Waals surface area (Å²) in [5.41, 5.74) is 6.98. The van der Waals surface area contributed by atoms with Crippen molar-refractivity contribution >= 4 is 27.2 Å². The molecule has 0 spiro atoms. The fraction of sp³-hybridized carbons (Fsp3) is 0.222. The lowest BCUT2D eigenvalue weighted by Crippen LogP contribution is -2.17. The van der Waals surface area contributed by atoms with E-state index in [0.29, 0.717) is 19.8 Å². The van der Waals surface area contributed by atoms with Gasteiger partial charge in [0.15, 0.2) is 0 Å². The number of aliphatic imine (C=N–C) groups is 1. The van der Waals surface area contributed by atoms with Gasteiger partial charge in [-0.05, 0) is 78.1 Å². The van der Waals surface area contributed by atoms with Crippen LogP contribution >= 0.6 is 0 Å². The van der Waals surface area contributed by atoms with Crippen LogP contribution in [0.2, 0.25) is 0 Å². The molecule has 2 aliphatic rings. The Hall–Kier alpha value is -3.33. The van der Waals surface area contributed by atoms with Gasteiger partial charge in [-0.1, -0.05) is 12.1 Å². The predicted molar refractivity (Wildman–Crippen MR) is 133 cm³/mol. The molecule has 3 aromatic carbocycles. The molecule has 0 atom stereocenters. The molecule has 3 heterocycles. The first-order chi connectivity index (χ1) is 16.9. The lowest BCUT2D eigenvalue weighted by molar-refractivity contribution is 0.0843. The zero-order chi connectivity index (χ0) is 24.2. The zero-order valence-electron chi connectivity index (χ0n) is 18.8. The van der Waals surface area contributed by atoms with Gasteiger partial charge in [0.1, 0.15) is 5.82 Å². The first-order valence-corrected chi connectivity index (χ1v) is 13.0.